The lowest BCUT2D eigenvalue weighted by Crippen LogP contribution is -2.37. The molecule has 0 aliphatic carbocycles. The Morgan fingerprint density at radius 3 is 2.65 bits per heavy atom. The van der Waals surface area contributed by atoms with Gasteiger partial charge in [0.1, 0.15) is 0 Å². The van der Waals surface area contributed by atoms with Gasteiger partial charge in [-0.1, -0.05) is 38.3 Å². The Bertz CT molecular complexity index is 349. The first-order chi connectivity index (χ1) is 8.13. The highest BCUT2D eigenvalue weighted by molar-refractivity contribution is 6.31. The van der Waals surface area contributed by atoms with Crippen molar-refractivity contribution in [2.24, 2.45) is 12.9 Å². The summed E-state index contributed by atoms with van der Waals surface area (Å²) in [7, 11) is 1.94. The zero-order valence-corrected chi connectivity index (χ0v) is 11.7. The third kappa shape index (κ3) is 3.69. The largest absolute Gasteiger partial charge is 0.271 e. The first kappa shape index (κ1) is 14.5. The SMILES string of the molecule is CCCCC(Cc1c(Cl)c(CC)nn1C)NN. The summed E-state index contributed by atoms with van der Waals surface area (Å²) in [6.07, 6.45) is 5.11. The Hall–Kier alpha value is -0.580. The summed E-state index contributed by atoms with van der Waals surface area (Å²) in [4.78, 5) is 0. The molecule has 0 fully saturated rings. The van der Waals surface area contributed by atoms with Gasteiger partial charge in [-0.15, -0.1) is 0 Å². The van der Waals surface area contributed by atoms with Crippen molar-refractivity contribution < 1.29 is 0 Å². The zero-order chi connectivity index (χ0) is 12.8. The van der Waals surface area contributed by atoms with Crippen molar-refractivity contribution in [1.82, 2.24) is 15.2 Å². The number of nitrogens with zero attached hydrogens (tertiary/aromatic N) is 2. The number of aryl methyl sites for hydroxylation is 2. The van der Waals surface area contributed by atoms with E-state index < -0.39 is 0 Å². The number of aromatic nitrogens is 2. The number of nitrogens with two attached hydrogens (primary N) is 1. The minimum absolute atomic E-state index is 0.271. The lowest BCUT2D eigenvalue weighted by molar-refractivity contribution is 0.462. The summed E-state index contributed by atoms with van der Waals surface area (Å²) in [5.41, 5.74) is 4.91. The monoisotopic (exact) mass is 258 g/mol. The Kier molecular flexibility index (Phi) is 5.95. The predicted octanol–water partition coefficient (Wildman–Crippen LogP) is 2.20. The number of halogens is 1. The fourth-order valence-electron chi connectivity index (χ4n) is 1.97. The van der Waals surface area contributed by atoms with E-state index in [1.54, 1.807) is 0 Å². The molecule has 4 nitrogen and oxygen atoms in total. The molecular formula is C12H23ClN4. The molecule has 0 aromatic carbocycles. The maximum atomic E-state index is 6.31. The Balaban J connectivity index is 2.75. The van der Waals surface area contributed by atoms with E-state index in [0.717, 1.165) is 35.7 Å². The number of hydrazine groups is 1. The maximum absolute atomic E-state index is 6.31. The van der Waals surface area contributed by atoms with E-state index in [0.29, 0.717) is 0 Å². The molecule has 0 saturated heterocycles. The topological polar surface area (TPSA) is 55.9 Å². The van der Waals surface area contributed by atoms with Gasteiger partial charge >= 0.3 is 0 Å². The molecule has 0 radical (unpaired) electrons. The third-order valence-corrected chi connectivity index (χ3v) is 3.52. The molecule has 0 bridgehead atoms. The predicted molar refractivity (Wildman–Crippen MR) is 71.9 cm³/mol. The van der Waals surface area contributed by atoms with Crippen LogP contribution in [0.5, 0.6) is 0 Å². The second-order valence-electron chi connectivity index (χ2n) is 4.39. The van der Waals surface area contributed by atoms with E-state index in [2.05, 4.69) is 24.4 Å². The Labute approximate surface area is 108 Å². The van der Waals surface area contributed by atoms with Crippen molar-refractivity contribution in [2.75, 3.05) is 0 Å². The van der Waals surface area contributed by atoms with Crippen LogP contribution in [0.2, 0.25) is 5.02 Å². The third-order valence-electron chi connectivity index (χ3n) is 3.08. The van der Waals surface area contributed by atoms with Gasteiger partial charge in [0.2, 0.25) is 0 Å². The molecule has 1 aromatic heterocycles. The standard InChI is InChI=1S/C12H23ClN4/c1-4-6-7-9(15-14)8-11-12(13)10(5-2)16-17(11)3/h9,15H,4-8,14H2,1-3H3. The van der Waals surface area contributed by atoms with Crippen molar-refractivity contribution in [3.63, 3.8) is 0 Å². The molecule has 0 spiro atoms. The smallest absolute Gasteiger partial charge is 0.0850 e. The van der Waals surface area contributed by atoms with Crippen LogP contribution in [-0.4, -0.2) is 15.8 Å². The van der Waals surface area contributed by atoms with Crippen LogP contribution in [0.25, 0.3) is 0 Å². The van der Waals surface area contributed by atoms with Gasteiger partial charge in [0, 0.05) is 19.5 Å². The van der Waals surface area contributed by atoms with Crippen LogP contribution < -0.4 is 11.3 Å². The summed E-state index contributed by atoms with van der Waals surface area (Å²) in [6, 6.07) is 0.271. The molecule has 0 aliphatic heterocycles. The fourth-order valence-corrected chi connectivity index (χ4v) is 2.34. The normalized spacial score (nSPS) is 13.0. The van der Waals surface area contributed by atoms with E-state index in [9.17, 15) is 0 Å². The quantitative estimate of drug-likeness (QED) is 0.582. The van der Waals surface area contributed by atoms with E-state index in [1.807, 2.05) is 11.7 Å². The summed E-state index contributed by atoms with van der Waals surface area (Å²) < 4.78 is 1.87. The van der Waals surface area contributed by atoms with Crippen LogP contribution in [0.3, 0.4) is 0 Å². The van der Waals surface area contributed by atoms with Crippen LogP contribution in [-0.2, 0) is 19.9 Å². The molecule has 1 unspecified atom stereocenters. The average molecular weight is 259 g/mol. The highest BCUT2D eigenvalue weighted by Gasteiger charge is 2.16. The summed E-state index contributed by atoms with van der Waals surface area (Å²) >= 11 is 6.31. The van der Waals surface area contributed by atoms with Gasteiger partial charge in [0.25, 0.3) is 0 Å². The van der Waals surface area contributed by atoms with Gasteiger partial charge in [0.05, 0.1) is 16.4 Å². The lowest BCUT2D eigenvalue weighted by atomic mass is 10.0. The van der Waals surface area contributed by atoms with Gasteiger partial charge in [0.15, 0.2) is 0 Å². The van der Waals surface area contributed by atoms with E-state index in [4.69, 9.17) is 17.4 Å². The van der Waals surface area contributed by atoms with E-state index in [-0.39, 0.29) is 6.04 Å². The molecule has 1 rings (SSSR count). The van der Waals surface area contributed by atoms with Gasteiger partial charge in [-0.05, 0) is 12.8 Å². The number of nitrogens with one attached hydrogen (secondary N) is 1. The molecule has 1 heterocycles. The Morgan fingerprint density at radius 2 is 2.18 bits per heavy atom. The van der Waals surface area contributed by atoms with E-state index >= 15 is 0 Å². The number of rotatable bonds is 7. The second kappa shape index (κ2) is 6.99. The molecule has 0 amide bonds. The lowest BCUT2D eigenvalue weighted by Gasteiger charge is -2.15. The molecule has 0 aliphatic rings. The number of hydrogen-bond donors (Lipinski definition) is 2. The highest BCUT2D eigenvalue weighted by atomic mass is 35.5. The first-order valence-corrected chi connectivity index (χ1v) is 6.68. The van der Waals surface area contributed by atoms with Crippen molar-refractivity contribution >= 4 is 11.6 Å². The van der Waals surface area contributed by atoms with Crippen molar-refractivity contribution in [3.8, 4) is 0 Å². The second-order valence-corrected chi connectivity index (χ2v) is 4.77. The molecule has 98 valence electrons. The molecule has 5 heteroatoms. The number of unbranched alkanes of at least 4 members (excludes halogenated alkanes) is 1. The van der Waals surface area contributed by atoms with Crippen molar-refractivity contribution in [1.29, 1.82) is 0 Å². The maximum Gasteiger partial charge on any atom is 0.0850 e. The molecule has 3 N–H and O–H groups in total. The van der Waals surface area contributed by atoms with Gasteiger partial charge in [-0.25, -0.2) is 0 Å². The highest BCUT2D eigenvalue weighted by Crippen LogP contribution is 2.22. The van der Waals surface area contributed by atoms with Crippen molar-refractivity contribution in [3.05, 3.63) is 16.4 Å². The van der Waals surface area contributed by atoms with Crippen molar-refractivity contribution in [2.45, 2.75) is 52.0 Å². The summed E-state index contributed by atoms with van der Waals surface area (Å²) in [5, 5.41) is 5.21. The fraction of sp³-hybridized carbons (Fsp3) is 0.750. The summed E-state index contributed by atoms with van der Waals surface area (Å²) in [6.45, 7) is 4.24. The Morgan fingerprint density at radius 1 is 1.47 bits per heavy atom. The van der Waals surface area contributed by atoms with Gasteiger partial charge in [-0.2, -0.15) is 5.10 Å². The zero-order valence-electron chi connectivity index (χ0n) is 11.0. The number of hydrogen-bond acceptors (Lipinski definition) is 3. The van der Waals surface area contributed by atoms with Gasteiger partial charge in [-0.3, -0.25) is 16.0 Å². The molecular weight excluding hydrogens is 236 g/mol. The van der Waals surface area contributed by atoms with Gasteiger partial charge < -0.3 is 0 Å². The molecule has 1 atom stereocenters. The van der Waals surface area contributed by atoms with Crippen LogP contribution in [0.15, 0.2) is 0 Å². The van der Waals surface area contributed by atoms with Crippen LogP contribution in [0, 0.1) is 0 Å². The van der Waals surface area contributed by atoms with Crippen LogP contribution >= 0.6 is 11.6 Å². The first-order valence-electron chi connectivity index (χ1n) is 6.30. The average Bonchev–Trinajstić information content (AvgIpc) is 2.60. The summed E-state index contributed by atoms with van der Waals surface area (Å²) in [5.74, 6) is 5.58. The van der Waals surface area contributed by atoms with Crippen LogP contribution in [0.4, 0.5) is 0 Å². The molecule has 17 heavy (non-hydrogen) atoms. The van der Waals surface area contributed by atoms with Crippen LogP contribution in [0.1, 0.15) is 44.5 Å². The van der Waals surface area contributed by atoms with E-state index in [1.165, 1.54) is 12.8 Å². The minimum atomic E-state index is 0.271. The molecule has 0 saturated carbocycles. The minimum Gasteiger partial charge on any atom is -0.271 e. The molecule has 1 aromatic rings.